The Kier molecular flexibility index (Phi) is 3.98. The maximum atomic E-state index is 13.6. The molecular weight excluding hydrogens is 262 g/mol. The Morgan fingerprint density at radius 2 is 1.95 bits per heavy atom. The van der Waals surface area contributed by atoms with Gasteiger partial charge >= 0.3 is 0 Å². The number of nitrogens with two attached hydrogens (primary N) is 1. The van der Waals surface area contributed by atoms with Gasteiger partial charge < -0.3 is 10.6 Å². The third-order valence-electron chi connectivity index (χ3n) is 2.88. The summed E-state index contributed by atoms with van der Waals surface area (Å²) >= 11 is 0. The topological polar surface area (TPSA) is 46.3 Å². The van der Waals surface area contributed by atoms with Gasteiger partial charge in [0.05, 0.1) is 5.56 Å². The zero-order chi connectivity index (χ0) is 14.7. The maximum absolute atomic E-state index is 13.6. The van der Waals surface area contributed by atoms with Gasteiger partial charge in [-0.05, 0) is 35.9 Å². The number of hydrogen-bond acceptors (Lipinski definition) is 2. The molecule has 2 N–H and O–H groups in total. The molecule has 0 atom stereocenters. The van der Waals surface area contributed by atoms with Crippen molar-refractivity contribution in [2.45, 2.75) is 6.54 Å². The molecule has 2 aromatic carbocycles. The summed E-state index contributed by atoms with van der Waals surface area (Å²) < 4.78 is 26.7. The molecule has 1 amide bonds. The number of benzene rings is 2. The van der Waals surface area contributed by atoms with Crippen LogP contribution in [0, 0.1) is 11.6 Å². The molecule has 0 aromatic heterocycles. The molecule has 0 radical (unpaired) electrons. The Balaban J connectivity index is 2.18. The van der Waals surface area contributed by atoms with E-state index >= 15 is 0 Å². The average Bonchev–Trinajstić information content (AvgIpc) is 2.40. The van der Waals surface area contributed by atoms with Gasteiger partial charge in [0.2, 0.25) is 0 Å². The zero-order valence-corrected chi connectivity index (χ0v) is 10.9. The second kappa shape index (κ2) is 5.69. The summed E-state index contributed by atoms with van der Waals surface area (Å²) in [5.74, 6) is -1.51. The summed E-state index contributed by atoms with van der Waals surface area (Å²) in [6.45, 7) is 0.185. The Morgan fingerprint density at radius 1 is 1.20 bits per heavy atom. The molecule has 0 bridgehead atoms. The summed E-state index contributed by atoms with van der Waals surface area (Å²) in [4.78, 5) is 13.5. The van der Waals surface area contributed by atoms with E-state index in [1.54, 1.807) is 12.1 Å². The predicted octanol–water partition coefficient (Wildman–Crippen LogP) is 2.82. The van der Waals surface area contributed by atoms with Crippen LogP contribution in [0.2, 0.25) is 0 Å². The molecule has 0 aliphatic heterocycles. The first-order valence-corrected chi connectivity index (χ1v) is 6.02. The summed E-state index contributed by atoms with van der Waals surface area (Å²) in [5.41, 5.74) is 6.40. The maximum Gasteiger partial charge on any atom is 0.256 e. The summed E-state index contributed by atoms with van der Waals surface area (Å²) in [7, 11) is 1.52. The number of nitrogen functional groups attached to an aromatic ring is 1. The van der Waals surface area contributed by atoms with Crippen LogP contribution in [0.15, 0.2) is 42.5 Å². The van der Waals surface area contributed by atoms with Crippen LogP contribution in [0.4, 0.5) is 14.5 Å². The number of anilines is 1. The third-order valence-corrected chi connectivity index (χ3v) is 2.88. The van der Waals surface area contributed by atoms with Crippen molar-refractivity contribution in [3.63, 3.8) is 0 Å². The first-order valence-electron chi connectivity index (χ1n) is 6.02. The van der Waals surface area contributed by atoms with Crippen molar-refractivity contribution < 1.29 is 13.6 Å². The van der Waals surface area contributed by atoms with Gasteiger partial charge in [-0.15, -0.1) is 0 Å². The Bertz CT molecular complexity index is 644. The van der Waals surface area contributed by atoms with Crippen LogP contribution >= 0.6 is 0 Å². The molecule has 0 fully saturated rings. The minimum absolute atomic E-state index is 0.0936. The number of rotatable bonds is 3. The van der Waals surface area contributed by atoms with Gasteiger partial charge in [-0.2, -0.15) is 0 Å². The molecule has 0 saturated heterocycles. The lowest BCUT2D eigenvalue weighted by molar-refractivity contribution is 0.0780. The van der Waals surface area contributed by atoms with E-state index in [-0.39, 0.29) is 17.9 Å². The van der Waals surface area contributed by atoms with Crippen LogP contribution in [0.1, 0.15) is 15.9 Å². The van der Waals surface area contributed by atoms with Crippen LogP contribution in [0.3, 0.4) is 0 Å². The number of nitrogens with zero attached hydrogens (tertiary/aromatic N) is 1. The fraction of sp³-hybridized carbons (Fsp3) is 0.133. The molecule has 3 nitrogen and oxygen atoms in total. The standard InChI is InChI=1S/C15H14F2N2O/c1-19(9-10-3-2-4-11(16)7-10)15(20)13-8-12(18)5-6-14(13)17/h2-8H,9,18H2,1H3. The number of carbonyl (C=O) groups is 1. The van der Waals surface area contributed by atoms with Crippen LogP contribution in [0.25, 0.3) is 0 Å². The number of hydrogen-bond donors (Lipinski definition) is 1. The van der Waals surface area contributed by atoms with E-state index in [2.05, 4.69) is 0 Å². The zero-order valence-electron chi connectivity index (χ0n) is 10.9. The van der Waals surface area contributed by atoms with E-state index in [9.17, 15) is 13.6 Å². The van der Waals surface area contributed by atoms with Crippen molar-refractivity contribution in [3.8, 4) is 0 Å². The van der Waals surface area contributed by atoms with Gasteiger partial charge in [-0.25, -0.2) is 8.78 Å². The van der Waals surface area contributed by atoms with Gasteiger partial charge in [0, 0.05) is 19.3 Å². The summed E-state index contributed by atoms with van der Waals surface area (Å²) in [6.07, 6.45) is 0. The molecule has 0 unspecified atom stereocenters. The highest BCUT2D eigenvalue weighted by Gasteiger charge is 2.16. The highest BCUT2D eigenvalue weighted by Crippen LogP contribution is 2.15. The van der Waals surface area contributed by atoms with Gasteiger partial charge in [-0.1, -0.05) is 12.1 Å². The molecule has 0 spiro atoms. The Hall–Kier alpha value is -2.43. The number of amides is 1. The van der Waals surface area contributed by atoms with Gasteiger partial charge in [0.25, 0.3) is 5.91 Å². The molecule has 5 heteroatoms. The van der Waals surface area contributed by atoms with Gasteiger partial charge in [0.1, 0.15) is 11.6 Å². The fourth-order valence-corrected chi connectivity index (χ4v) is 1.89. The predicted molar refractivity (Wildman–Crippen MR) is 73.0 cm³/mol. The monoisotopic (exact) mass is 276 g/mol. The van der Waals surface area contributed by atoms with Gasteiger partial charge in [-0.3, -0.25) is 4.79 Å². The van der Waals surface area contributed by atoms with E-state index in [1.807, 2.05) is 0 Å². The van der Waals surface area contributed by atoms with E-state index in [0.717, 1.165) is 6.07 Å². The molecule has 104 valence electrons. The molecule has 0 aliphatic rings. The molecular formula is C15H14F2N2O. The van der Waals surface area contributed by atoms with Crippen molar-refractivity contribution in [2.24, 2.45) is 0 Å². The molecule has 0 heterocycles. The normalized spacial score (nSPS) is 10.3. The van der Waals surface area contributed by atoms with Crippen molar-refractivity contribution in [2.75, 3.05) is 12.8 Å². The lowest BCUT2D eigenvalue weighted by Crippen LogP contribution is -2.27. The SMILES string of the molecule is CN(Cc1cccc(F)c1)C(=O)c1cc(N)ccc1F. The lowest BCUT2D eigenvalue weighted by atomic mass is 10.1. The largest absolute Gasteiger partial charge is 0.399 e. The van der Waals surface area contributed by atoms with Gasteiger partial charge in [0.15, 0.2) is 0 Å². The number of halogens is 2. The smallest absolute Gasteiger partial charge is 0.256 e. The molecule has 2 aromatic rings. The highest BCUT2D eigenvalue weighted by molar-refractivity contribution is 5.95. The van der Waals surface area contributed by atoms with Crippen molar-refractivity contribution >= 4 is 11.6 Å². The first kappa shape index (κ1) is 14.0. The summed E-state index contributed by atoms with van der Waals surface area (Å²) in [5, 5.41) is 0. The van der Waals surface area contributed by atoms with Crippen LogP contribution in [-0.4, -0.2) is 17.9 Å². The fourth-order valence-electron chi connectivity index (χ4n) is 1.89. The second-order valence-electron chi connectivity index (χ2n) is 4.53. The Morgan fingerprint density at radius 3 is 2.65 bits per heavy atom. The van der Waals surface area contributed by atoms with Crippen LogP contribution in [-0.2, 0) is 6.54 Å². The van der Waals surface area contributed by atoms with Crippen molar-refractivity contribution in [3.05, 3.63) is 65.2 Å². The highest BCUT2D eigenvalue weighted by atomic mass is 19.1. The summed E-state index contributed by atoms with van der Waals surface area (Å²) in [6, 6.07) is 9.74. The molecule has 2 rings (SSSR count). The second-order valence-corrected chi connectivity index (χ2v) is 4.53. The van der Waals surface area contributed by atoms with E-state index in [1.165, 1.54) is 36.2 Å². The minimum Gasteiger partial charge on any atom is -0.399 e. The third kappa shape index (κ3) is 3.12. The van der Waals surface area contributed by atoms with Crippen LogP contribution < -0.4 is 5.73 Å². The number of carbonyl (C=O) groups excluding carboxylic acids is 1. The van der Waals surface area contributed by atoms with E-state index in [0.29, 0.717) is 11.3 Å². The average molecular weight is 276 g/mol. The Labute approximate surface area is 115 Å². The quantitative estimate of drug-likeness (QED) is 0.876. The van der Waals surface area contributed by atoms with E-state index in [4.69, 9.17) is 5.73 Å². The first-order chi connectivity index (χ1) is 9.47. The van der Waals surface area contributed by atoms with Crippen LogP contribution in [0.5, 0.6) is 0 Å². The minimum atomic E-state index is -0.629. The molecule has 0 saturated carbocycles. The molecule has 20 heavy (non-hydrogen) atoms. The molecule has 0 aliphatic carbocycles. The lowest BCUT2D eigenvalue weighted by Gasteiger charge is -2.18. The van der Waals surface area contributed by atoms with Crippen molar-refractivity contribution in [1.29, 1.82) is 0 Å². The van der Waals surface area contributed by atoms with E-state index < -0.39 is 11.7 Å². The van der Waals surface area contributed by atoms with Crippen molar-refractivity contribution in [1.82, 2.24) is 4.90 Å².